The van der Waals surface area contributed by atoms with Gasteiger partial charge in [0.2, 0.25) is 0 Å². The summed E-state index contributed by atoms with van der Waals surface area (Å²) < 4.78 is 27.8. The molecule has 5 nitrogen and oxygen atoms in total. The van der Waals surface area contributed by atoms with Crippen molar-refractivity contribution >= 4 is 5.97 Å². The zero-order chi connectivity index (χ0) is 11.4. The third kappa shape index (κ3) is 2.37. The normalized spacial score (nSPS) is 9.73. The molecule has 0 atom stereocenters. The van der Waals surface area contributed by atoms with Crippen LogP contribution in [0.4, 0.5) is 8.78 Å². The maximum absolute atomic E-state index is 11.9. The highest BCUT2D eigenvalue weighted by Gasteiger charge is 2.19. The molecular weight excluding hydrogens is 210 g/mol. The number of alkyl halides is 2. The lowest BCUT2D eigenvalue weighted by Crippen LogP contribution is -2.10. The third-order valence-corrected chi connectivity index (χ3v) is 1.45. The molecule has 1 aromatic rings. The van der Waals surface area contributed by atoms with E-state index >= 15 is 0 Å². The van der Waals surface area contributed by atoms with Crippen LogP contribution in [0, 0.1) is 11.3 Å². The molecule has 0 aliphatic carbocycles. The van der Waals surface area contributed by atoms with Crippen LogP contribution >= 0.6 is 0 Å². The molecule has 0 unspecified atom stereocenters. The molecule has 0 spiro atoms. The Morgan fingerprint density at radius 2 is 2.33 bits per heavy atom. The maximum Gasteiger partial charge on any atom is 0.387 e. The van der Waals surface area contributed by atoms with E-state index in [-0.39, 0.29) is 0 Å². The molecule has 0 saturated carbocycles. The number of halogens is 2. The van der Waals surface area contributed by atoms with Crippen molar-refractivity contribution in [2.45, 2.75) is 6.61 Å². The Morgan fingerprint density at radius 3 is 2.80 bits per heavy atom. The fourth-order valence-electron chi connectivity index (χ4n) is 0.905. The van der Waals surface area contributed by atoms with E-state index in [0.717, 1.165) is 12.3 Å². The number of ether oxygens (including phenoxy) is 1. The van der Waals surface area contributed by atoms with Crippen LogP contribution in [-0.2, 0) is 0 Å². The third-order valence-electron chi connectivity index (χ3n) is 1.45. The Kier molecular flexibility index (Phi) is 3.13. The minimum atomic E-state index is -3.21. The van der Waals surface area contributed by atoms with E-state index in [1.165, 1.54) is 6.07 Å². The number of carboxylic acid groups (broad SMARTS) is 1. The van der Waals surface area contributed by atoms with Crippen LogP contribution in [0.5, 0.6) is 5.75 Å². The summed E-state index contributed by atoms with van der Waals surface area (Å²) in [5.74, 6) is -2.19. The molecule has 78 valence electrons. The average Bonchev–Trinajstić information content (AvgIpc) is 2.16. The number of rotatable bonds is 3. The van der Waals surface area contributed by atoms with Gasteiger partial charge in [0.05, 0.1) is 0 Å². The van der Waals surface area contributed by atoms with Crippen LogP contribution in [-0.4, -0.2) is 22.7 Å². The summed E-state index contributed by atoms with van der Waals surface area (Å²) in [7, 11) is 0. The van der Waals surface area contributed by atoms with Gasteiger partial charge in [-0.3, -0.25) is 0 Å². The van der Waals surface area contributed by atoms with Crippen molar-refractivity contribution < 1.29 is 23.4 Å². The minimum Gasteiger partial charge on any atom is -0.478 e. The predicted molar refractivity (Wildman–Crippen MR) is 42.5 cm³/mol. The molecule has 7 heteroatoms. The molecule has 0 aromatic carbocycles. The number of carbonyl (C=O) groups is 1. The van der Waals surface area contributed by atoms with Crippen molar-refractivity contribution in [1.82, 2.24) is 4.98 Å². The first kappa shape index (κ1) is 10.8. The lowest BCUT2D eigenvalue weighted by atomic mass is 10.2. The second-order valence-corrected chi connectivity index (χ2v) is 2.33. The standard InChI is InChI=1S/C8H4F2N2O3/c9-8(10)15-6-4(7(13)14)1-2-12-5(6)3-11/h1-2,8H,(H,13,14). The molecule has 0 aliphatic heterocycles. The van der Waals surface area contributed by atoms with Gasteiger partial charge in [-0.25, -0.2) is 9.78 Å². The smallest absolute Gasteiger partial charge is 0.387 e. The molecule has 1 N–H and O–H groups in total. The molecule has 0 radical (unpaired) electrons. The summed E-state index contributed by atoms with van der Waals surface area (Å²) in [4.78, 5) is 14.0. The van der Waals surface area contributed by atoms with E-state index in [9.17, 15) is 13.6 Å². The van der Waals surface area contributed by atoms with Crippen molar-refractivity contribution in [3.8, 4) is 11.8 Å². The van der Waals surface area contributed by atoms with Gasteiger partial charge in [-0.15, -0.1) is 0 Å². The number of nitrogens with zero attached hydrogens (tertiary/aromatic N) is 2. The van der Waals surface area contributed by atoms with Crippen LogP contribution < -0.4 is 4.74 Å². The van der Waals surface area contributed by atoms with Crippen molar-refractivity contribution in [1.29, 1.82) is 5.26 Å². The summed E-state index contributed by atoms with van der Waals surface area (Å²) in [6, 6.07) is 2.44. The summed E-state index contributed by atoms with van der Waals surface area (Å²) >= 11 is 0. The Balaban J connectivity index is 3.28. The largest absolute Gasteiger partial charge is 0.478 e. The summed E-state index contributed by atoms with van der Waals surface area (Å²) in [5.41, 5.74) is -1.02. The molecule has 0 amide bonds. The monoisotopic (exact) mass is 214 g/mol. The summed E-state index contributed by atoms with van der Waals surface area (Å²) in [6.07, 6.45) is 1.03. The van der Waals surface area contributed by atoms with Crippen LogP contribution in [0.25, 0.3) is 0 Å². The number of pyridine rings is 1. The van der Waals surface area contributed by atoms with Crippen LogP contribution in [0.15, 0.2) is 12.3 Å². The number of hydrogen-bond donors (Lipinski definition) is 1. The van der Waals surface area contributed by atoms with Crippen molar-refractivity contribution in [2.24, 2.45) is 0 Å². The Hall–Kier alpha value is -2.23. The van der Waals surface area contributed by atoms with E-state index in [1.54, 1.807) is 0 Å². The van der Waals surface area contributed by atoms with Crippen LogP contribution in [0.1, 0.15) is 16.1 Å². The van der Waals surface area contributed by atoms with E-state index in [1.807, 2.05) is 0 Å². The Bertz CT molecular complexity index is 428. The highest BCUT2D eigenvalue weighted by molar-refractivity contribution is 5.91. The lowest BCUT2D eigenvalue weighted by molar-refractivity contribution is -0.0507. The molecule has 1 aromatic heterocycles. The molecule has 1 heterocycles. The first-order valence-corrected chi connectivity index (χ1v) is 3.63. The van der Waals surface area contributed by atoms with Crippen LogP contribution in [0.2, 0.25) is 0 Å². The van der Waals surface area contributed by atoms with Gasteiger partial charge in [-0.05, 0) is 6.07 Å². The fraction of sp³-hybridized carbons (Fsp3) is 0.125. The van der Waals surface area contributed by atoms with E-state index in [4.69, 9.17) is 10.4 Å². The molecule has 0 fully saturated rings. The fourth-order valence-corrected chi connectivity index (χ4v) is 0.905. The number of nitriles is 1. The Morgan fingerprint density at radius 1 is 1.67 bits per heavy atom. The molecular formula is C8H4F2N2O3. The zero-order valence-corrected chi connectivity index (χ0v) is 7.15. The lowest BCUT2D eigenvalue weighted by Gasteiger charge is -2.07. The van der Waals surface area contributed by atoms with Crippen LogP contribution in [0.3, 0.4) is 0 Å². The highest BCUT2D eigenvalue weighted by atomic mass is 19.3. The molecule has 0 aliphatic rings. The predicted octanol–water partition coefficient (Wildman–Crippen LogP) is 1.25. The highest BCUT2D eigenvalue weighted by Crippen LogP contribution is 2.23. The number of aromatic nitrogens is 1. The summed E-state index contributed by atoms with van der Waals surface area (Å²) in [5, 5.41) is 17.1. The average molecular weight is 214 g/mol. The first-order valence-electron chi connectivity index (χ1n) is 3.63. The van der Waals surface area contributed by atoms with Gasteiger partial charge in [0.25, 0.3) is 0 Å². The van der Waals surface area contributed by atoms with E-state index in [2.05, 4.69) is 9.72 Å². The quantitative estimate of drug-likeness (QED) is 0.818. The maximum atomic E-state index is 11.9. The van der Waals surface area contributed by atoms with Gasteiger partial charge in [0.15, 0.2) is 11.4 Å². The van der Waals surface area contributed by atoms with Gasteiger partial charge < -0.3 is 9.84 Å². The molecule has 1 rings (SSSR count). The van der Waals surface area contributed by atoms with Gasteiger partial charge in [0.1, 0.15) is 11.6 Å². The second-order valence-electron chi connectivity index (χ2n) is 2.33. The van der Waals surface area contributed by atoms with Gasteiger partial charge in [-0.2, -0.15) is 14.0 Å². The molecule has 15 heavy (non-hydrogen) atoms. The zero-order valence-electron chi connectivity index (χ0n) is 7.15. The number of hydrogen-bond acceptors (Lipinski definition) is 4. The number of carboxylic acids is 1. The topological polar surface area (TPSA) is 83.2 Å². The van der Waals surface area contributed by atoms with E-state index in [0.29, 0.717) is 0 Å². The Labute approximate surface area is 82.5 Å². The molecule has 0 saturated heterocycles. The second kappa shape index (κ2) is 4.32. The SMILES string of the molecule is N#Cc1nccc(C(=O)O)c1OC(F)F. The minimum absolute atomic E-state index is 0.491. The van der Waals surface area contributed by atoms with Gasteiger partial charge in [-0.1, -0.05) is 0 Å². The number of aromatic carboxylic acids is 1. The summed E-state index contributed by atoms with van der Waals surface area (Å²) in [6.45, 7) is -3.21. The molecule has 0 bridgehead atoms. The van der Waals surface area contributed by atoms with Crippen molar-refractivity contribution in [2.75, 3.05) is 0 Å². The van der Waals surface area contributed by atoms with Crippen molar-refractivity contribution in [3.05, 3.63) is 23.5 Å². The van der Waals surface area contributed by atoms with Gasteiger partial charge >= 0.3 is 12.6 Å². The van der Waals surface area contributed by atoms with E-state index < -0.39 is 29.6 Å². The first-order chi connectivity index (χ1) is 7.06. The van der Waals surface area contributed by atoms with Crippen molar-refractivity contribution in [3.63, 3.8) is 0 Å². The van der Waals surface area contributed by atoms with Gasteiger partial charge in [0, 0.05) is 6.20 Å².